The highest BCUT2D eigenvalue weighted by atomic mass is 19.3. The molecule has 1 atom stereocenters. The highest BCUT2D eigenvalue weighted by molar-refractivity contribution is 6.10. The smallest absolute Gasteiger partial charge is 0.264 e. The number of allylic oxidation sites excluding steroid dienone is 1. The van der Waals surface area contributed by atoms with E-state index in [1.54, 1.807) is 25.4 Å². The van der Waals surface area contributed by atoms with Crippen LogP contribution >= 0.6 is 0 Å². The Morgan fingerprint density at radius 2 is 2.22 bits per heavy atom. The summed E-state index contributed by atoms with van der Waals surface area (Å²) in [7, 11) is 1.57. The van der Waals surface area contributed by atoms with E-state index in [0.717, 1.165) is 18.4 Å². The van der Waals surface area contributed by atoms with Crippen molar-refractivity contribution in [2.75, 3.05) is 29.1 Å². The number of halogens is 2. The van der Waals surface area contributed by atoms with Gasteiger partial charge in [0.25, 0.3) is 6.43 Å². The minimum absolute atomic E-state index is 0.0803. The van der Waals surface area contributed by atoms with Crippen molar-refractivity contribution in [3.63, 3.8) is 0 Å². The first kappa shape index (κ1) is 21.7. The van der Waals surface area contributed by atoms with Gasteiger partial charge in [-0.2, -0.15) is 0 Å². The SMILES string of the molecule is CN=CC(=CN)c1cc2c(cc1C(F)F)N(c1nccc3c1N[C@H](C)CC(=O)N3)CCC2. The third kappa shape index (κ3) is 4.02. The second kappa shape index (κ2) is 8.94. The minimum atomic E-state index is -2.68. The zero-order chi connectivity index (χ0) is 22.8. The summed E-state index contributed by atoms with van der Waals surface area (Å²) in [5.74, 6) is 0.526. The number of carbonyl (C=O) groups is 1. The van der Waals surface area contributed by atoms with Crippen LogP contribution in [0.2, 0.25) is 0 Å². The van der Waals surface area contributed by atoms with E-state index in [4.69, 9.17) is 5.73 Å². The maximum atomic E-state index is 14.1. The van der Waals surface area contributed by atoms with Gasteiger partial charge in [0, 0.05) is 61.5 Å². The van der Waals surface area contributed by atoms with Gasteiger partial charge in [-0.3, -0.25) is 9.79 Å². The molecule has 4 rings (SSSR count). The third-order valence-corrected chi connectivity index (χ3v) is 5.71. The van der Waals surface area contributed by atoms with Gasteiger partial charge < -0.3 is 21.3 Å². The Hall–Kier alpha value is -3.49. The molecule has 0 bridgehead atoms. The normalized spacial score (nSPS) is 18.8. The average Bonchev–Trinajstić information content (AvgIpc) is 2.92. The van der Waals surface area contributed by atoms with Crippen molar-refractivity contribution in [1.82, 2.24) is 4.98 Å². The molecule has 0 unspecified atom stereocenters. The molecular weight excluding hydrogens is 414 g/mol. The number of aryl methyl sites for hydroxylation is 1. The number of rotatable bonds is 4. The second-order valence-corrected chi connectivity index (χ2v) is 7.99. The van der Waals surface area contributed by atoms with Crippen molar-refractivity contribution in [3.8, 4) is 0 Å². The summed E-state index contributed by atoms with van der Waals surface area (Å²) in [5.41, 5.74) is 9.39. The van der Waals surface area contributed by atoms with Gasteiger partial charge in [-0.25, -0.2) is 13.8 Å². The first-order valence-corrected chi connectivity index (χ1v) is 10.5. The molecule has 2 aromatic rings. The molecular formula is C23H26F2N6O. The largest absolute Gasteiger partial charge is 0.404 e. The number of nitrogens with one attached hydrogen (secondary N) is 2. The van der Waals surface area contributed by atoms with E-state index in [-0.39, 0.29) is 17.5 Å². The van der Waals surface area contributed by atoms with Crippen molar-refractivity contribution < 1.29 is 13.6 Å². The van der Waals surface area contributed by atoms with Crippen LogP contribution in [0.5, 0.6) is 0 Å². The van der Waals surface area contributed by atoms with E-state index < -0.39 is 6.43 Å². The fraction of sp³-hybridized carbons (Fsp3) is 0.348. The molecule has 3 heterocycles. The van der Waals surface area contributed by atoms with Crippen LogP contribution < -0.4 is 21.3 Å². The van der Waals surface area contributed by atoms with E-state index >= 15 is 0 Å². The fourth-order valence-corrected chi connectivity index (χ4v) is 4.32. The Labute approximate surface area is 185 Å². The summed E-state index contributed by atoms with van der Waals surface area (Å²) >= 11 is 0. The number of carbonyl (C=O) groups excluding carboxylic acids is 1. The number of fused-ring (bicyclic) bond motifs is 2. The summed E-state index contributed by atoms with van der Waals surface area (Å²) in [6, 6.07) is 4.96. The van der Waals surface area contributed by atoms with Crippen molar-refractivity contribution in [1.29, 1.82) is 0 Å². The van der Waals surface area contributed by atoms with Gasteiger partial charge in [0.05, 0.1) is 5.69 Å². The van der Waals surface area contributed by atoms with E-state index in [1.165, 1.54) is 18.5 Å². The Morgan fingerprint density at radius 1 is 1.41 bits per heavy atom. The van der Waals surface area contributed by atoms with Gasteiger partial charge in [0.15, 0.2) is 5.82 Å². The van der Waals surface area contributed by atoms with Crippen LogP contribution in [-0.2, 0) is 11.2 Å². The van der Waals surface area contributed by atoms with Crippen LogP contribution in [0.25, 0.3) is 5.57 Å². The maximum absolute atomic E-state index is 14.1. The lowest BCUT2D eigenvalue weighted by molar-refractivity contribution is -0.116. The highest BCUT2D eigenvalue weighted by Gasteiger charge is 2.29. The number of aliphatic imine (C=N–C) groups is 1. The van der Waals surface area contributed by atoms with Crippen LogP contribution in [0.1, 0.15) is 42.9 Å². The lowest BCUT2D eigenvalue weighted by Crippen LogP contribution is -2.27. The number of nitrogens with two attached hydrogens (primary N) is 1. The molecule has 1 aromatic heterocycles. The Balaban J connectivity index is 1.86. The molecule has 1 amide bonds. The lowest BCUT2D eigenvalue weighted by atomic mass is 9.92. The molecule has 0 saturated carbocycles. The van der Waals surface area contributed by atoms with E-state index in [9.17, 15) is 13.6 Å². The lowest BCUT2D eigenvalue weighted by Gasteiger charge is -2.33. The molecule has 4 N–H and O–H groups in total. The molecule has 0 fully saturated rings. The predicted octanol–water partition coefficient (Wildman–Crippen LogP) is 4.25. The zero-order valence-corrected chi connectivity index (χ0v) is 18.0. The molecule has 1 aromatic carbocycles. The second-order valence-electron chi connectivity index (χ2n) is 7.99. The molecule has 7 nitrogen and oxygen atoms in total. The number of alkyl halides is 2. The average molecular weight is 440 g/mol. The Morgan fingerprint density at radius 3 is 2.94 bits per heavy atom. The van der Waals surface area contributed by atoms with Gasteiger partial charge >= 0.3 is 0 Å². The molecule has 0 aliphatic carbocycles. The molecule has 168 valence electrons. The monoisotopic (exact) mass is 440 g/mol. The minimum Gasteiger partial charge on any atom is -0.404 e. The van der Waals surface area contributed by atoms with Crippen LogP contribution in [-0.4, -0.2) is 36.7 Å². The topological polar surface area (TPSA) is 95.6 Å². The first-order chi connectivity index (χ1) is 15.4. The van der Waals surface area contributed by atoms with Gasteiger partial charge in [-0.15, -0.1) is 0 Å². The summed E-state index contributed by atoms with van der Waals surface area (Å²) < 4.78 is 28.2. The molecule has 32 heavy (non-hydrogen) atoms. The number of aromatic nitrogens is 1. The first-order valence-electron chi connectivity index (χ1n) is 10.5. The van der Waals surface area contributed by atoms with Crippen molar-refractivity contribution in [3.05, 3.63) is 47.3 Å². The van der Waals surface area contributed by atoms with E-state index in [2.05, 4.69) is 20.6 Å². The number of amides is 1. The molecule has 2 aliphatic heterocycles. The van der Waals surface area contributed by atoms with Gasteiger partial charge in [0.2, 0.25) is 5.91 Å². The van der Waals surface area contributed by atoms with Crippen LogP contribution in [0.3, 0.4) is 0 Å². The number of hydrogen-bond acceptors (Lipinski definition) is 6. The van der Waals surface area contributed by atoms with Crippen LogP contribution in [0.4, 0.5) is 31.7 Å². The van der Waals surface area contributed by atoms with Crippen molar-refractivity contribution >= 4 is 40.6 Å². The number of pyridine rings is 1. The molecule has 0 radical (unpaired) electrons. The number of anilines is 4. The quantitative estimate of drug-likeness (QED) is 0.618. The van der Waals surface area contributed by atoms with E-state index in [0.29, 0.717) is 47.0 Å². The number of benzene rings is 1. The summed E-state index contributed by atoms with van der Waals surface area (Å²) in [4.78, 5) is 22.6. The van der Waals surface area contributed by atoms with Crippen molar-refractivity contribution in [2.45, 2.75) is 38.7 Å². The van der Waals surface area contributed by atoms with E-state index in [1.807, 2.05) is 11.8 Å². The Bertz CT molecular complexity index is 1100. The zero-order valence-electron chi connectivity index (χ0n) is 18.0. The Kier molecular flexibility index (Phi) is 6.07. The van der Waals surface area contributed by atoms with Gasteiger partial charge in [-0.1, -0.05) is 0 Å². The third-order valence-electron chi connectivity index (χ3n) is 5.71. The molecule has 0 saturated heterocycles. The van der Waals surface area contributed by atoms with Crippen LogP contribution in [0, 0.1) is 0 Å². The fourth-order valence-electron chi connectivity index (χ4n) is 4.32. The van der Waals surface area contributed by atoms with Crippen molar-refractivity contribution in [2.24, 2.45) is 10.7 Å². The molecule has 0 spiro atoms. The molecule has 9 heteroatoms. The standard InChI is InChI=1S/C23H26F2N6O/c1-13-8-20(32)30-18-5-6-28-23(21(18)29-13)31-7-3-4-14-9-16(15(11-26)12-27-2)17(22(24)25)10-19(14)31/h5-6,9-13,22,29H,3-4,7-8,26H2,1-2H3,(H,30,32)/t13-/m1/s1. The highest BCUT2D eigenvalue weighted by Crippen LogP contribution is 2.43. The number of hydrogen-bond donors (Lipinski definition) is 3. The van der Waals surface area contributed by atoms with Gasteiger partial charge in [-0.05, 0) is 49.1 Å². The van der Waals surface area contributed by atoms with Gasteiger partial charge in [0.1, 0.15) is 5.69 Å². The summed E-state index contributed by atoms with van der Waals surface area (Å²) in [5, 5.41) is 6.27. The maximum Gasteiger partial charge on any atom is 0.264 e. The number of nitrogens with zero attached hydrogens (tertiary/aromatic N) is 3. The predicted molar refractivity (Wildman–Crippen MR) is 124 cm³/mol. The molecule has 2 aliphatic rings. The van der Waals surface area contributed by atoms with Crippen LogP contribution in [0.15, 0.2) is 35.6 Å². The summed E-state index contributed by atoms with van der Waals surface area (Å²) in [6.07, 6.45) is 3.63. The summed E-state index contributed by atoms with van der Waals surface area (Å²) in [6.45, 7) is 2.55.